The van der Waals surface area contributed by atoms with Gasteiger partial charge in [0.25, 0.3) is 0 Å². The van der Waals surface area contributed by atoms with E-state index in [0.717, 1.165) is 30.9 Å². The first-order valence-electron chi connectivity index (χ1n) is 7.35. The van der Waals surface area contributed by atoms with Gasteiger partial charge in [-0.05, 0) is 38.4 Å². The number of aromatic nitrogens is 3. The third kappa shape index (κ3) is 3.25. The summed E-state index contributed by atoms with van der Waals surface area (Å²) in [5.74, 6) is 0. The van der Waals surface area contributed by atoms with Gasteiger partial charge in [-0.3, -0.25) is 9.67 Å². The number of hydrogen-bond acceptors (Lipinski definition) is 3. The van der Waals surface area contributed by atoms with E-state index in [0.29, 0.717) is 0 Å². The van der Waals surface area contributed by atoms with Crippen LogP contribution in [0.3, 0.4) is 0 Å². The van der Waals surface area contributed by atoms with Crippen LogP contribution in [0.1, 0.15) is 48.8 Å². The minimum atomic E-state index is 0.165. The van der Waals surface area contributed by atoms with E-state index in [1.165, 1.54) is 11.1 Å². The van der Waals surface area contributed by atoms with Crippen LogP contribution in [0.25, 0.3) is 0 Å². The Kier molecular flexibility index (Phi) is 4.90. The first kappa shape index (κ1) is 14.7. The van der Waals surface area contributed by atoms with Gasteiger partial charge in [0.05, 0.1) is 12.2 Å². The Hall–Kier alpha value is -1.68. The van der Waals surface area contributed by atoms with E-state index in [2.05, 4.69) is 54.5 Å². The highest BCUT2D eigenvalue weighted by atomic mass is 15.3. The molecule has 0 aliphatic carbocycles. The quantitative estimate of drug-likeness (QED) is 0.879. The van der Waals surface area contributed by atoms with Crippen molar-refractivity contribution in [2.75, 3.05) is 6.54 Å². The molecule has 0 aliphatic heterocycles. The van der Waals surface area contributed by atoms with Gasteiger partial charge >= 0.3 is 0 Å². The minimum absolute atomic E-state index is 0.165. The van der Waals surface area contributed by atoms with Gasteiger partial charge in [-0.25, -0.2) is 0 Å². The molecule has 0 saturated carbocycles. The Morgan fingerprint density at radius 3 is 2.70 bits per heavy atom. The Bertz CT molecular complexity index is 559. The summed E-state index contributed by atoms with van der Waals surface area (Å²) in [6, 6.07) is 4.41. The average molecular weight is 272 g/mol. The zero-order valence-corrected chi connectivity index (χ0v) is 12.8. The van der Waals surface area contributed by atoms with Crippen LogP contribution in [0.4, 0.5) is 0 Å². The first-order valence-corrected chi connectivity index (χ1v) is 7.35. The van der Waals surface area contributed by atoms with E-state index in [-0.39, 0.29) is 6.04 Å². The van der Waals surface area contributed by atoms with Crippen molar-refractivity contribution in [3.05, 3.63) is 47.0 Å². The van der Waals surface area contributed by atoms with Crippen molar-refractivity contribution in [3.8, 4) is 0 Å². The van der Waals surface area contributed by atoms with E-state index in [4.69, 9.17) is 0 Å². The monoisotopic (exact) mass is 272 g/mol. The Balaban J connectivity index is 2.34. The summed E-state index contributed by atoms with van der Waals surface area (Å²) in [6.07, 6.45) is 5.19. The predicted octanol–water partition coefficient (Wildman–Crippen LogP) is 3.00. The largest absolute Gasteiger partial charge is 0.306 e. The maximum absolute atomic E-state index is 4.58. The molecule has 0 bridgehead atoms. The van der Waals surface area contributed by atoms with Crippen LogP contribution in [0.2, 0.25) is 0 Å². The van der Waals surface area contributed by atoms with Crippen molar-refractivity contribution in [2.45, 2.75) is 46.7 Å². The molecule has 2 rings (SSSR count). The summed E-state index contributed by atoms with van der Waals surface area (Å²) in [6.45, 7) is 10.3. The maximum Gasteiger partial charge on any atom is 0.0625 e. The second-order valence-electron chi connectivity index (χ2n) is 5.15. The van der Waals surface area contributed by atoms with Crippen LogP contribution in [0, 0.1) is 13.8 Å². The van der Waals surface area contributed by atoms with Crippen LogP contribution in [-0.4, -0.2) is 21.3 Å². The topological polar surface area (TPSA) is 42.7 Å². The zero-order valence-electron chi connectivity index (χ0n) is 12.8. The molecule has 0 saturated heterocycles. The molecule has 2 aromatic rings. The lowest BCUT2D eigenvalue weighted by Gasteiger charge is -2.19. The summed E-state index contributed by atoms with van der Waals surface area (Å²) in [5.41, 5.74) is 4.57. The van der Waals surface area contributed by atoms with Gasteiger partial charge in [0.15, 0.2) is 0 Å². The molecule has 0 radical (unpaired) electrons. The molecule has 0 spiro atoms. The average Bonchev–Trinajstić information content (AvgIpc) is 2.86. The SMILES string of the molecule is CCCn1cc(C(NCC)c2ccc(C)nc2C)cn1. The van der Waals surface area contributed by atoms with Gasteiger partial charge < -0.3 is 5.32 Å². The molecule has 108 valence electrons. The molecule has 1 N–H and O–H groups in total. The van der Waals surface area contributed by atoms with Gasteiger partial charge in [-0.2, -0.15) is 5.10 Å². The van der Waals surface area contributed by atoms with Crippen molar-refractivity contribution in [1.82, 2.24) is 20.1 Å². The van der Waals surface area contributed by atoms with Gasteiger partial charge in [-0.15, -0.1) is 0 Å². The van der Waals surface area contributed by atoms with Gasteiger partial charge in [0.2, 0.25) is 0 Å². The summed E-state index contributed by atoms with van der Waals surface area (Å²) in [4.78, 5) is 4.58. The molecule has 0 aromatic carbocycles. The van der Waals surface area contributed by atoms with E-state index in [9.17, 15) is 0 Å². The second-order valence-corrected chi connectivity index (χ2v) is 5.15. The summed E-state index contributed by atoms with van der Waals surface area (Å²) < 4.78 is 2.01. The molecule has 2 aromatic heterocycles. The van der Waals surface area contributed by atoms with Crippen molar-refractivity contribution in [1.29, 1.82) is 0 Å². The third-order valence-electron chi connectivity index (χ3n) is 3.42. The highest BCUT2D eigenvalue weighted by molar-refractivity contribution is 5.32. The maximum atomic E-state index is 4.58. The molecule has 0 aliphatic rings. The molecular formula is C16H24N4. The van der Waals surface area contributed by atoms with Crippen LogP contribution in [-0.2, 0) is 6.54 Å². The Morgan fingerprint density at radius 2 is 2.05 bits per heavy atom. The molecule has 4 nitrogen and oxygen atoms in total. The summed E-state index contributed by atoms with van der Waals surface area (Å²) >= 11 is 0. The fourth-order valence-corrected chi connectivity index (χ4v) is 2.49. The molecule has 2 heterocycles. The number of nitrogens with one attached hydrogen (secondary N) is 1. The molecule has 1 atom stereocenters. The molecular weight excluding hydrogens is 248 g/mol. The third-order valence-corrected chi connectivity index (χ3v) is 3.42. The van der Waals surface area contributed by atoms with E-state index in [1.54, 1.807) is 0 Å². The summed E-state index contributed by atoms with van der Waals surface area (Å²) in [7, 11) is 0. The number of pyridine rings is 1. The lowest BCUT2D eigenvalue weighted by Crippen LogP contribution is -2.23. The normalized spacial score (nSPS) is 12.6. The van der Waals surface area contributed by atoms with Gasteiger partial charge in [-0.1, -0.05) is 19.9 Å². The van der Waals surface area contributed by atoms with Crippen molar-refractivity contribution in [3.63, 3.8) is 0 Å². The van der Waals surface area contributed by atoms with E-state index < -0.39 is 0 Å². The molecule has 1 unspecified atom stereocenters. The lowest BCUT2D eigenvalue weighted by atomic mass is 10.00. The predicted molar refractivity (Wildman–Crippen MR) is 81.7 cm³/mol. The fourth-order valence-electron chi connectivity index (χ4n) is 2.49. The highest BCUT2D eigenvalue weighted by Gasteiger charge is 2.17. The number of hydrogen-bond donors (Lipinski definition) is 1. The minimum Gasteiger partial charge on any atom is -0.306 e. The first-order chi connectivity index (χ1) is 9.65. The second kappa shape index (κ2) is 6.66. The molecule has 0 fully saturated rings. The lowest BCUT2D eigenvalue weighted by molar-refractivity contribution is 0.596. The standard InChI is InChI=1S/C16H24N4/c1-5-9-20-11-14(10-18-20)16(17-6-2)15-8-7-12(3)19-13(15)4/h7-8,10-11,16-17H,5-6,9H2,1-4H3. The highest BCUT2D eigenvalue weighted by Crippen LogP contribution is 2.24. The van der Waals surface area contributed by atoms with Crippen LogP contribution in [0.15, 0.2) is 24.5 Å². The van der Waals surface area contributed by atoms with Crippen molar-refractivity contribution >= 4 is 0 Å². The van der Waals surface area contributed by atoms with Crippen LogP contribution < -0.4 is 5.32 Å². The molecule has 0 amide bonds. The van der Waals surface area contributed by atoms with E-state index in [1.807, 2.05) is 17.8 Å². The van der Waals surface area contributed by atoms with Gasteiger partial charge in [0, 0.05) is 29.7 Å². The fraction of sp³-hybridized carbons (Fsp3) is 0.500. The molecule has 4 heteroatoms. The van der Waals surface area contributed by atoms with Crippen LogP contribution >= 0.6 is 0 Å². The van der Waals surface area contributed by atoms with Gasteiger partial charge in [0.1, 0.15) is 0 Å². The van der Waals surface area contributed by atoms with E-state index >= 15 is 0 Å². The smallest absolute Gasteiger partial charge is 0.0625 e. The van der Waals surface area contributed by atoms with Crippen molar-refractivity contribution in [2.24, 2.45) is 0 Å². The Morgan fingerprint density at radius 1 is 1.25 bits per heavy atom. The number of rotatable bonds is 6. The van der Waals surface area contributed by atoms with Crippen molar-refractivity contribution < 1.29 is 0 Å². The number of aryl methyl sites for hydroxylation is 3. The summed E-state index contributed by atoms with van der Waals surface area (Å²) in [5, 5.41) is 7.98. The molecule has 20 heavy (non-hydrogen) atoms. The Labute approximate surface area is 121 Å². The van der Waals surface area contributed by atoms with Crippen LogP contribution in [0.5, 0.6) is 0 Å². The zero-order chi connectivity index (χ0) is 14.5. The number of nitrogens with zero attached hydrogens (tertiary/aromatic N) is 3.